The van der Waals surface area contributed by atoms with Crippen LogP contribution in [0.4, 0.5) is 0 Å². The summed E-state index contributed by atoms with van der Waals surface area (Å²) in [6, 6.07) is 10.2. The number of nitrogens with zero attached hydrogens (tertiary/aromatic N) is 1. The van der Waals surface area contributed by atoms with Crippen LogP contribution in [0.1, 0.15) is 43.7 Å². The minimum atomic E-state index is 0.635. The molecule has 0 saturated carbocycles. The summed E-state index contributed by atoms with van der Waals surface area (Å²) in [7, 11) is 2.25. The molecular formula is C17H28N2. The highest BCUT2D eigenvalue weighted by Gasteiger charge is 2.18. The molecule has 0 amide bonds. The summed E-state index contributed by atoms with van der Waals surface area (Å²) in [5, 5.41) is 3.65. The first-order valence-electron chi connectivity index (χ1n) is 7.64. The zero-order valence-electron chi connectivity index (χ0n) is 12.7. The highest BCUT2D eigenvalue weighted by atomic mass is 15.1. The van der Waals surface area contributed by atoms with Crippen molar-refractivity contribution in [2.45, 2.75) is 58.2 Å². The van der Waals surface area contributed by atoms with Gasteiger partial charge in [0.1, 0.15) is 0 Å². The van der Waals surface area contributed by atoms with Crippen LogP contribution >= 0.6 is 0 Å². The van der Waals surface area contributed by atoms with Crippen LogP contribution in [-0.2, 0) is 6.54 Å². The van der Waals surface area contributed by atoms with Gasteiger partial charge in [-0.05, 0) is 52.3 Å². The minimum absolute atomic E-state index is 0.635. The van der Waals surface area contributed by atoms with Crippen LogP contribution in [0.15, 0.2) is 24.3 Å². The number of benzene rings is 1. The first-order valence-corrected chi connectivity index (χ1v) is 7.64. The summed E-state index contributed by atoms with van der Waals surface area (Å²) in [6.07, 6.45) is 5.36. The van der Waals surface area contributed by atoms with Crippen molar-refractivity contribution in [1.82, 2.24) is 10.2 Å². The smallest absolute Gasteiger partial charge is 0.0233 e. The number of rotatable bonds is 5. The van der Waals surface area contributed by atoms with E-state index in [1.165, 1.54) is 43.4 Å². The molecule has 2 unspecified atom stereocenters. The molecule has 2 rings (SSSR count). The van der Waals surface area contributed by atoms with Crippen molar-refractivity contribution < 1.29 is 0 Å². The van der Waals surface area contributed by atoms with E-state index < -0.39 is 0 Å². The molecule has 1 N–H and O–H groups in total. The highest BCUT2D eigenvalue weighted by molar-refractivity contribution is 5.22. The van der Waals surface area contributed by atoms with E-state index in [0.717, 1.165) is 12.6 Å². The van der Waals surface area contributed by atoms with Gasteiger partial charge in [0.2, 0.25) is 0 Å². The van der Waals surface area contributed by atoms with E-state index in [4.69, 9.17) is 0 Å². The molecule has 19 heavy (non-hydrogen) atoms. The van der Waals surface area contributed by atoms with Gasteiger partial charge in [-0.2, -0.15) is 0 Å². The third-order valence-electron chi connectivity index (χ3n) is 4.30. The largest absolute Gasteiger partial charge is 0.314 e. The first-order chi connectivity index (χ1) is 9.15. The summed E-state index contributed by atoms with van der Waals surface area (Å²) in [6.45, 7) is 6.78. The molecule has 1 fully saturated rings. The SMILES string of the molecule is Cc1cccc(CN(C)C(C)CC2CCCCN2)c1. The summed E-state index contributed by atoms with van der Waals surface area (Å²) < 4.78 is 0. The Kier molecular flexibility index (Phi) is 5.41. The van der Waals surface area contributed by atoms with Crippen molar-refractivity contribution in [1.29, 1.82) is 0 Å². The summed E-state index contributed by atoms with van der Waals surface area (Å²) in [5.74, 6) is 0. The van der Waals surface area contributed by atoms with E-state index in [-0.39, 0.29) is 0 Å². The van der Waals surface area contributed by atoms with Gasteiger partial charge in [-0.3, -0.25) is 4.90 Å². The van der Waals surface area contributed by atoms with Crippen molar-refractivity contribution in [2.75, 3.05) is 13.6 Å². The number of hydrogen-bond acceptors (Lipinski definition) is 2. The Morgan fingerprint density at radius 2 is 2.21 bits per heavy atom. The topological polar surface area (TPSA) is 15.3 Å². The quantitative estimate of drug-likeness (QED) is 0.873. The second-order valence-electron chi connectivity index (χ2n) is 6.14. The maximum absolute atomic E-state index is 3.65. The molecule has 1 aliphatic heterocycles. The third-order valence-corrected chi connectivity index (χ3v) is 4.30. The molecule has 2 atom stereocenters. The van der Waals surface area contributed by atoms with Crippen molar-refractivity contribution in [2.24, 2.45) is 0 Å². The van der Waals surface area contributed by atoms with E-state index in [2.05, 4.69) is 55.4 Å². The minimum Gasteiger partial charge on any atom is -0.314 e. The van der Waals surface area contributed by atoms with Gasteiger partial charge in [0.15, 0.2) is 0 Å². The predicted molar refractivity (Wildman–Crippen MR) is 82.4 cm³/mol. The molecule has 106 valence electrons. The summed E-state index contributed by atoms with van der Waals surface area (Å²) >= 11 is 0. The van der Waals surface area contributed by atoms with Gasteiger partial charge in [-0.25, -0.2) is 0 Å². The second kappa shape index (κ2) is 7.06. The van der Waals surface area contributed by atoms with Crippen LogP contribution < -0.4 is 5.32 Å². The van der Waals surface area contributed by atoms with Gasteiger partial charge in [0.05, 0.1) is 0 Å². The highest BCUT2D eigenvalue weighted by Crippen LogP contribution is 2.16. The summed E-state index contributed by atoms with van der Waals surface area (Å²) in [4.78, 5) is 2.48. The van der Waals surface area contributed by atoms with E-state index in [1.807, 2.05) is 0 Å². The van der Waals surface area contributed by atoms with Crippen LogP contribution in [0, 0.1) is 6.92 Å². The molecule has 0 spiro atoms. The fourth-order valence-corrected chi connectivity index (χ4v) is 2.97. The zero-order chi connectivity index (χ0) is 13.7. The van der Waals surface area contributed by atoms with Gasteiger partial charge >= 0.3 is 0 Å². The number of aryl methyl sites for hydroxylation is 1. The number of piperidine rings is 1. The van der Waals surface area contributed by atoms with E-state index in [1.54, 1.807) is 0 Å². The van der Waals surface area contributed by atoms with Crippen molar-refractivity contribution in [3.63, 3.8) is 0 Å². The molecule has 0 aromatic heterocycles. The van der Waals surface area contributed by atoms with Gasteiger partial charge < -0.3 is 5.32 Å². The maximum atomic E-state index is 3.65. The monoisotopic (exact) mass is 260 g/mol. The molecular weight excluding hydrogens is 232 g/mol. The number of hydrogen-bond donors (Lipinski definition) is 1. The molecule has 2 heteroatoms. The Hall–Kier alpha value is -0.860. The van der Waals surface area contributed by atoms with E-state index >= 15 is 0 Å². The third kappa shape index (κ3) is 4.63. The van der Waals surface area contributed by atoms with Gasteiger partial charge in [-0.1, -0.05) is 36.2 Å². The second-order valence-corrected chi connectivity index (χ2v) is 6.14. The average molecular weight is 260 g/mol. The van der Waals surface area contributed by atoms with Crippen LogP contribution in [0.25, 0.3) is 0 Å². The Morgan fingerprint density at radius 3 is 2.89 bits per heavy atom. The molecule has 0 bridgehead atoms. The van der Waals surface area contributed by atoms with Crippen LogP contribution in [-0.4, -0.2) is 30.6 Å². The molecule has 0 aliphatic carbocycles. The molecule has 1 heterocycles. The molecule has 1 saturated heterocycles. The Balaban J connectivity index is 1.82. The average Bonchev–Trinajstić information content (AvgIpc) is 2.40. The zero-order valence-corrected chi connectivity index (χ0v) is 12.7. The molecule has 1 aromatic carbocycles. The lowest BCUT2D eigenvalue weighted by Gasteiger charge is -2.31. The maximum Gasteiger partial charge on any atom is 0.0233 e. The van der Waals surface area contributed by atoms with Crippen molar-refractivity contribution in [3.05, 3.63) is 35.4 Å². The lowest BCUT2D eigenvalue weighted by Crippen LogP contribution is -2.40. The van der Waals surface area contributed by atoms with Crippen LogP contribution in [0.2, 0.25) is 0 Å². The van der Waals surface area contributed by atoms with Crippen molar-refractivity contribution in [3.8, 4) is 0 Å². The number of nitrogens with one attached hydrogen (secondary N) is 1. The fourth-order valence-electron chi connectivity index (χ4n) is 2.97. The van der Waals surface area contributed by atoms with Gasteiger partial charge in [0, 0.05) is 18.6 Å². The van der Waals surface area contributed by atoms with Crippen LogP contribution in [0.5, 0.6) is 0 Å². The standard InChI is InChI=1S/C17H28N2/c1-14-7-6-8-16(11-14)13-19(3)15(2)12-17-9-4-5-10-18-17/h6-8,11,15,17-18H,4-5,9-10,12-13H2,1-3H3. The van der Waals surface area contributed by atoms with E-state index in [0.29, 0.717) is 6.04 Å². The van der Waals surface area contributed by atoms with Crippen LogP contribution in [0.3, 0.4) is 0 Å². The summed E-state index contributed by atoms with van der Waals surface area (Å²) in [5.41, 5.74) is 2.78. The Labute approximate surface area is 118 Å². The fraction of sp³-hybridized carbons (Fsp3) is 0.647. The van der Waals surface area contributed by atoms with Gasteiger partial charge in [0.25, 0.3) is 0 Å². The van der Waals surface area contributed by atoms with Gasteiger partial charge in [-0.15, -0.1) is 0 Å². The normalized spacial score (nSPS) is 21.6. The lowest BCUT2D eigenvalue weighted by molar-refractivity contribution is 0.209. The molecule has 0 radical (unpaired) electrons. The molecule has 1 aromatic rings. The Morgan fingerprint density at radius 1 is 1.37 bits per heavy atom. The van der Waals surface area contributed by atoms with E-state index in [9.17, 15) is 0 Å². The Bertz CT molecular complexity index is 383. The first kappa shape index (κ1) is 14.5. The lowest BCUT2D eigenvalue weighted by atomic mass is 9.98. The molecule has 2 nitrogen and oxygen atoms in total. The predicted octanol–water partition coefficient (Wildman–Crippen LogP) is 3.35. The molecule has 1 aliphatic rings. The van der Waals surface area contributed by atoms with Crippen molar-refractivity contribution >= 4 is 0 Å².